The number of nitrogens with zero attached hydrogens (tertiary/aromatic N) is 6. The average Bonchev–Trinajstić information content (AvgIpc) is 3.43. The molecule has 2 unspecified atom stereocenters. The van der Waals surface area contributed by atoms with Crippen LogP contribution in [0.2, 0.25) is 0 Å². The Morgan fingerprint density at radius 2 is 2.16 bits per heavy atom. The highest BCUT2D eigenvalue weighted by Gasteiger charge is 2.35. The molecule has 2 atom stereocenters. The largest absolute Gasteiger partial charge is 0.465 e. The van der Waals surface area contributed by atoms with E-state index in [-0.39, 0.29) is 6.04 Å². The zero-order valence-corrected chi connectivity index (χ0v) is 20.1. The van der Waals surface area contributed by atoms with Gasteiger partial charge in [0.1, 0.15) is 11.9 Å². The summed E-state index contributed by atoms with van der Waals surface area (Å²) in [7, 11) is 1.37. The first kappa shape index (κ1) is 20.4. The molecule has 10 heteroatoms. The SMILES string of the molecule is COC(=O)c1ccc(N2CCc3c(ncn3PI)C2c2cc3c(C)cccn3n2)nc1. The molecule has 1 aliphatic heterocycles. The van der Waals surface area contributed by atoms with Crippen molar-refractivity contribution in [2.45, 2.75) is 19.4 Å². The molecular weight excluding hydrogens is 526 g/mol. The Kier molecular flexibility index (Phi) is 5.39. The molecule has 4 aromatic heterocycles. The lowest BCUT2D eigenvalue weighted by molar-refractivity contribution is 0.0600. The van der Waals surface area contributed by atoms with Crippen LogP contribution in [0, 0.1) is 6.92 Å². The van der Waals surface area contributed by atoms with E-state index in [1.165, 1.54) is 18.4 Å². The number of fused-ring (bicyclic) bond motifs is 2. The lowest BCUT2D eigenvalue weighted by atomic mass is 9.99. The fraction of sp³-hybridized carbons (Fsp3) is 0.238. The number of hydrogen-bond donors (Lipinski definition) is 0. The van der Waals surface area contributed by atoms with Crippen molar-refractivity contribution in [2.24, 2.45) is 0 Å². The maximum atomic E-state index is 11.8. The lowest BCUT2D eigenvalue weighted by Gasteiger charge is -2.35. The second-order valence-corrected chi connectivity index (χ2v) is 9.46. The highest BCUT2D eigenvalue weighted by Crippen LogP contribution is 2.39. The van der Waals surface area contributed by atoms with Crippen LogP contribution in [0.5, 0.6) is 0 Å². The van der Waals surface area contributed by atoms with Gasteiger partial charge in [-0.2, -0.15) is 5.10 Å². The Hall–Kier alpha value is -2.52. The number of imidazole rings is 1. The minimum Gasteiger partial charge on any atom is -0.465 e. The van der Waals surface area contributed by atoms with E-state index in [1.807, 2.05) is 29.2 Å². The highest BCUT2D eigenvalue weighted by atomic mass is 127. The first-order valence-electron chi connectivity index (χ1n) is 9.79. The van der Waals surface area contributed by atoms with Gasteiger partial charge in [0.25, 0.3) is 0 Å². The zero-order chi connectivity index (χ0) is 21.5. The van der Waals surface area contributed by atoms with E-state index in [2.05, 4.69) is 55.3 Å². The summed E-state index contributed by atoms with van der Waals surface area (Å²) in [5.41, 5.74) is 5.86. The zero-order valence-electron chi connectivity index (χ0n) is 17.0. The highest BCUT2D eigenvalue weighted by molar-refractivity contribution is 14.2. The number of ether oxygens (including phenoxy) is 1. The van der Waals surface area contributed by atoms with E-state index in [4.69, 9.17) is 14.8 Å². The molecule has 0 saturated heterocycles. The van der Waals surface area contributed by atoms with Gasteiger partial charge in [-0.25, -0.2) is 19.3 Å². The smallest absolute Gasteiger partial charge is 0.339 e. The van der Waals surface area contributed by atoms with Crippen LogP contribution in [0.25, 0.3) is 5.52 Å². The summed E-state index contributed by atoms with van der Waals surface area (Å²) in [6.07, 6.45) is 6.91. The van der Waals surface area contributed by atoms with Crippen molar-refractivity contribution in [2.75, 3.05) is 18.6 Å². The molecule has 0 amide bonds. The quantitative estimate of drug-likeness (QED) is 0.219. The lowest BCUT2D eigenvalue weighted by Crippen LogP contribution is -2.37. The topological polar surface area (TPSA) is 77.5 Å². The molecule has 0 radical (unpaired) electrons. The van der Waals surface area contributed by atoms with Gasteiger partial charge in [0, 0.05) is 37.4 Å². The molecule has 4 aromatic rings. The normalized spacial score (nSPS) is 16.2. The van der Waals surface area contributed by atoms with E-state index in [0.29, 0.717) is 11.9 Å². The van der Waals surface area contributed by atoms with Crippen LogP contribution in [-0.2, 0) is 11.2 Å². The molecule has 0 aromatic carbocycles. The number of esters is 1. The van der Waals surface area contributed by atoms with Crippen LogP contribution < -0.4 is 4.90 Å². The molecule has 8 nitrogen and oxygen atoms in total. The number of methoxy groups -OCH3 is 1. The molecular formula is C21H20IN6O2P. The third-order valence-corrected chi connectivity index (χ3v) is 7.75. The summed E-state index contributed by atoms with van der Waals surface area (Å²) in [5, 5.41) is 4.89. The number of carbonyl (C=O) groups is 1. The van der Waals surface area contributed by atoms with Gasteiger partial charge in [-0.1, -0.05) is 6.07 Å². The summed E-state index contributed by atoms with van der Waals surface area (Å²) in [5.74, 6) is 0.387. The molecule has 0 spiro atoms. The maximum absolute atomic E-state index is 11.8. The fourth-order valence-electron chi connectivity index (χ4n) is 4.09. The van der Waals surface area contributed by atoms with E-state index in [9.17, 15) is 4.79 Å². The summed E-state index contributed by atoms with van der Waals surface area (Å²) < 4.78 is 8.94. The standard InChI is InChI=1S/C21H20IN6O2P/c1-13-4-3-8-27-17(13)10-15(25-27)20-19-16(28(31-22)12-24-19)7-9-26(20)18-6-5-14(11-23-18)21(29)30-2/h3-6,8,10-12,20,31H,7,9H2,1-2H3. The Morgan fingerprint density at radius 1 is 1.29 bits per heavy atom. The Bertz CT molecular complexity index is 1270. The van der Waals surface area contributed by atoms with E-state index in [0.717, 1.165) is 35.7 Å². The predicted molar refractivity (Wildman–Crippen MR) is 128 cm³/mol. The second kappa shape index (κ2) is 8.20. The van der Waals surface area contributed by atoms with Gasteiger partial charge in [-0.3, -0.25) is 0 Å². The second-order valence-electron chi connectivity index (χ2n) is 7.36. The van der Waals surface area contributed by atoms with E-state index >= 15 is 0 Å². The van der Waals surface area contributed by atoms with Gasteiger partial charge in [0.15, 0.2) is 0 Å². The van der Waals surface area contributed by atoms with Crippen LogP contribution in [0.4, 0.5) is 5.82 Å². The van der Waals surface area contributed by atoms with Crippen molar-refractivity contribution in [1.29, 1.82) is 0 Å². The molecule has 0 N–H and O–H groups in total. The van der Waals surface area contributed by atoms with Gasteiger partial charge in [-0.05, 0) is 58.8 Å². The molecule has 0 fully saturated rings. The van der Waals surface area contributed by atoms with Gasteiger partial charge >= 0.3 is 5.97 Å². The number of pyridine rings is 2. The number of carbonyl (C=O) groups excluding carboxylic acids is 1. The third-order valence-electron chi connectivity index (χ3n) is 5.63. The van der Waals surface area contributed by atoms with Gasteiger partial charge < -0.3 is 14.0 Å². The summed E-state index contributed by atoms with van der Waals surface area (Å²) in [6, 6.07) is 9.68. The summed E-state index contributed by atoms with van der Waals surface area (Å²) >= 11 is 2.38. The number of hydrogen-bond acceptors (Lipinski definition) is 6. The number of halogens is 1. The molecule has 0 bridgehead atoms. The molecule has 0 aliphatic carbocycles. The monoisotopic (exact) mass is 546 g/mol. The number of anilines is 1. The Labute approximate surface area is 194 Å². The van der Waals surface area contributed by atoms with Crippen molar-refractivity contribution in [3.63, 3.8) is 0 Å². The Morgan fingerprint density at radius 3 is 2.87 bits per heavy atom. The van der Waals surface area contributed by atoms with Crippen LogP contribution in [0.1, 0.15) is 39.0 Å². The first-order chi connectivity index (χ1) is 15.1. The van der Waals surface area contributed by atoms with Crippen LogP contribution >= 0.6 is 28.4 Å². The molecule has 5 heterocycles. The van der Waals surface area contributed by atoms with Crippen LogP contribution in [-0.4, -0.2) is 43.5 Å². The van der Waals surface area contributed by atoms with Crippen LogP contribution in [0.15, 0.2) is 49.1 Å². The fourth-order valence-corrected chi connectivity index (χ4v) is 5.77. The van der Waals surface area contributed by atoms with Crippen molar-refractivity contribution < 1.29 is 9.53 Å². The van der Waals surface area contributed by atoms with Gasteiger partial charge in [-0.15, -0.1) is 0 Å². The van der Waals surface area contributed by atoms with E-state index in [1.54, 1.807) is 12.3 Å². The molecule has 158 valence electrons. The van der Waals surface area contributed by atoms with Crippen LogP contribution in [0.3, 0.4) is 0 Å². The number of rotatable bonds is 4. The number of aryl methyl sites for hydroxylation is 1. The molecule has 31 heavy (non-hydrogen) atoms. The maximum Gasteiger partial charge on any atom is 0.339 e. The number of aromatic nitrogens is 5. The minimum atomic E-state index is -0.394. The first-order valence-corrected chi connectivity index (χ1v) is 13.9. The third kappa shape index (κ3) is 3.49. The van der Waals surface area contributed by atoms with Gasteiger partial charge in [0.2, 0.25) is 0 Å². The summed E-state index contributed by atoms with van der Waals surface area (Å²) in [4.78, 5) is 23.4. The van der Waals surface area contributed by atoms with Crippen molar-refractivity contribution >= 4 is 45.7 Å². The molecule has 5 rings (SSSR count). The predicted octanol–water partition coefficient (Wildman–Crippen LogP) is 3.96. The molecule has 0 saturated carbocycles. The Balaban J connectivity index is 1.63. The minimum absolute atomic E-state index is 0.159. The summed E-state index contributed by atoms with van der Waals surface area (Å²) in [6.45, 7) is 2.87. The van der Waals surface area contributed by atoms with Crippen molar-refractivity contribution in [3.8, 4) is 0 Å². The average molecular weight is 546 g/mol. The molecule has 1 aliphatic rings. The van der Waals surface area contributed by atoms with E-state index < -0.39 is 5.97 Å². The van der Waals surface area contributed by atoms with Crippen molar-refractivity contribution in [3.05, 3.63) is 77.3 Å². The van der Waals surface area contributed by atoms with Gasteiger partial charge in [0.05, 0.1) is 35.9 Å². The van der Waals surface area contributed by atoms with Crippen molar-refractivity contribution in [1.82, 2.24) is 23.9 Å².